The van der Waals surface area contributed by atoms with Crippen LogP contribution in [0.25, 0.3) is 16.8 Å². The van der Waals surface area contributed by atoms with Crippen LogP contribution < -0.4 is 5.76 Å². The van der Waals surface area contributed by atoms with E-state index in [0.29, 0.717) is 17.9 Å². The van der Waals surface area contributed by atoms with Crippen molar-refractivity contribution in [1.82, 2.24) is 19.3 Å². The van der Waals surface area contributed by atoms with Gasteiger partial charge in [0.15, 0.2) is 10.7 Å². The highest BCUT2D eigenvalue weighted by atomic mass is 32.2. The SMILES string of the molecule is Cc1ccc(-n2cnnc2SCCn2c(=O)oc3ccccc32)c(C)c1. The van der Waals surface area contributed by atoms with Gasteiger partial charge < -0.3 is 4.42 Å². The fraction of sp³-hybridized carbons (Fsp3) is 0.211. The number of aryl methyl sites for hydroxylation is 3. The summed E-state index contributed by atoms with van der Waals surface area (Å²) in [5.41, 5.74) is 4.88. The van der Waals surface area contributed by atoms with E-state index in [1.165, 1.54) is 11.1 Å². The van der Waals surface area contributed by atoms with Gasteiger partial charge in [0.25, 0.3) is 0 Å². The summed E-state index contributed by atoms with van der Waals surface area (Å²) in [6, 6.07) is 13.7. The number of oxazole rings is 1. The van der Waals surface area contributed by atoms with Gasteiger partial charge in [-0.3, -0.25) is 9.13 Å². The van der Waals surface area contributed by atoms with Crippen LogP contribution in [0.15, 0.2) is 63.2 Å². The molecule has 0 saturated carbocycles. The molecule has 4 rings (SSSR count). The number of rotatable bonds is 5. The van der Waals surface area contributed by atoms with Crippen LogP contribution in [-0.4, -0.2) is 25.1 Å². The zero-order chi connectivity index (χ0) is 18.1. The van der Waals surface area contributed by atoms with Gasteiger partial charge in [-0.1, -0.05) is 41.6 Å². The minimum atomic E-state index is -0.331. The molecule has 0 aliphatic heterocycles. The van der Waals surface area contributed by atoms with E-state index in [0.717, 1.165) is 16.4 Å². The first-order chi connectivity index (χ1) is 12.6. The molecule has 0 bridgehead atoms. The lowest BCUT2D eigenvalue weighted by molar-refractivity contribution is 0.514. The molecule has 132 valence electrons. The molecule has 0 amide bonds. The zero-order valence-electron chi connectivity index (χ0n) is 14.5. The predicted molar refractivity (Wildman–Crippen MR) is 102 cm³/mol. The van der Waals surface area contributed by atoms with Crippen molar-refractivity contribution in [1.29, 1.82) is 0 Å². The molecule has 0 aliphatic carbocycles. The Kier molecular flexibility index (Phi) is 4.38. The third kappa shape index (κ3) is 3.06. The summed E-state index contributed by atoms with van der Waals surface area (Å²) in [4.78, 5) is 12.0. The highest BCUT2D eigenvalue weighted by molar-refractivity contribution is 7.99. The topological polar surface area (TPSA) is 65.8 Å². The Balaban J connectivity index is 1.53. The molecule has 0 saturated heterocycles. The number of thioether (sulfide) groups is 1. The Bertz CT molecular complexity index is 1130. The number of fused-ring (bicyclic) bond motifs is 1. The standard InChI is InChI=1S/C19H18N4O2S/c1-13-7-8-15(14(2)11-13)23-12-20-21-18(23)26-10-9-22-16-5-3-4-6-17(16)25-19(22)24/h3-8,11-12H,9-10H2,1-2H3. The quantitative estimate of drug-likeness (QED) is 0.505. The molecule has 2 heterocycles. The van der Waals surface area contributed by atoms with Gasteiger partial charge in [-0.15, -0.1) is 10.2 Å². The summed E-state index contributed by atoms with van der Waals surface area (Å²) in [7, 11) is 0. The second-order valence-electron chi connectivity index (χ2n) is 6.11. The fourth-order valence-electron chi connectivity index (χ4n) is 3.02. The Labute approximate surface area is 154 Å². The number of hydrogen-bond acceptors (Lipinski definition) is 5. The average molecular weight is 366 g/mol. The number of aromatic nitrogens is 4. The van der Waals surface area contributed by atoms with Crippen molar-refractivity contribution in [2.45, 2.75) is 25.5 Å². The van der Waals surface area contributed by atoms with E-state index in [9.17, 15) is 4.79 Å². The van der Waals surface area contributed by atoms with Crippen molar-refractivity contribution < 1.29 is 4.42 Å². The molecular weight excluding hydrogens is 348 g/mol. The summed E-state index contributed by atoms with van der Waals surface area (Å²) in [5, 5.41) is 9.08. The molecule has 0 N–H and O–H groups in total. The van der Waals surface area contributed by atoms with Crippen molar-refractivity contribution >= 4 is 22.9 Å². The maximum Gasteiger partial charge on any atom is 0.419 e. The molecule has 0 atom stereocenters. The van der Waals surface area contributed by atoms with Gasteiger partial charge in [-0.2, -0.15) is 0 Å². The van der Waals surface area contributed by atoms with Crippen LogP contribution in [-0.2, 0) is 6.54 Å². The van der Waals surface area contributed by atoms with Crippen LogP contribution in [0.1, 0.15) is 11.1 Å². The third-order valence-electron chi connectivity index (χ3n) is 4.25. The smallest absolute Gasteiger partial charge is 0.408 e. The molecule has 7 heteroatoms. The van der Waals surface area contributed by atoms with Crippen LogP contribution in [0.4, 0.5) is 0 Å². The van der Waals surface area contributed by atoms with E-state index < -0.39 is 0 Å². The van der Waals surface area contributed by atoms with E-state index in [4.69, 9.17) is 4.42 Å². The molecule has 26 heavy (non-hydrogen) atoms. The van der Waals surface area contributed by atoms with Crippen LogP contribution in [0.3, 0.4) is 0 Å². The summed E-state index contributed by atoms with van der Waals surface area (Å²) in [6.07, 6.45) is 1.72. The lowest BCUT2D eigenvalue weighted by atomic mass is 10.1. The monoisotopic (exact) mass is 366 g/mol. The number of benzene rings is 2. The van der Waals surface area contributed by atoms with Crippen LogP contribution >= 0.6 is 11.8 Å². The predicted octanol–water partition coefficient (Wildman–Crippen LogP) is 3.58. The molecular formula is C19H18N4O2S. The molecule has 6 nitrogen and oxygen atoms in total. The minimum absolute atomic E-state index is 0.331. The zero-order valence-corrected chi connectivity index (χ0v) is 15.4. The van der Waals surface area contributed by atoms with Gasteiger partial charge in [0.1, 0.15) is 6.33 Å². The number of hydrogen-bond donors (Lipinski definition) is 0. The van der Waals surface area contributed by atoms with Gasteiger partial charge in [-0.25, -0.2) is 4.79 Å². The normalized spacial score (nSPS) is 11.3. The van der Waals surface area contributed by atoms with E-state index >= 15 is 0 Å². The number of nitrogens with zero attached hydrogens (tertiary/aromatic N) is 4. The molecule has 4 aromatic rings. The van der Waals surface area contributed by atoms with Crippen molar-refractivity contribution in [3.63, 3.8) is 0 Å². The summed E-state index contributed by atoms with van der Waals surface area (Å²) in [6.45, 7) is 4.69. The Morgan fingerprint density at radius 2 is 2.00 bits per heavy atom. The lowest BCUT2D eigenvalue weighted by Crippen LogP contribution is -2.15. The van der Waals surface area contributed by atoms with Gasteiger partial charge in [0, 0.05) is 12.3 Å². The molecule has 0 spiro atoms. The fourth-order valence-corrected chi connectivity index (χ4v) is 3.86. The molecule has 0 radical (unpaired) electrons. The second kappa shape index (κ2) is 6.84. The van der Waals surface area contributed by atoms with Gasteiger partial charge >= 0.3 is 5.76 Å². The van der Waals surface area contributed by atoms with Crippen molar-refractivity contribution in [3.05, 3.63) is 70.5 Å². The Morgan fingerprint density at radius 3 is 2.85 bits per heavy atom. The van der Waals surface area contributed by atoms with Crippen molar-refractivity contribution in [3.8, 4) is 5.69 Å². The maximum absolute atomic E-state index is 12.0. The van der Waals surface area contributed by atoms with E-state index in [2.05, 4.69) is 42.2 Å². The van der Waals surface area contributed by atoms with Crippen LogP contribution in [0, 0.1) is 13.8 Å². The van der Waals surface area contributed by atoms with Crippen LogP contribution in [0.5, 0.6) is 0 Å². The van der Waals surface area contributed by atoms with Crippen molar-refractivity contribution in [2.24, 2.45) is 0 Å². The lowest BCUT2D eigenvalue weighted by Gasteiger charge is -2.10. The van der Waals surface area contributed by atoms with Gasteiger partial charge in [0.2, 0.25) is 0 Å². The molecule has 2 aromatic heterocycles. The third-order valence-corrected chi connectivity index (χ3v) is 5.17. The molecule has 0 fully saturated rings. The van der Waals surface area contributed by atoms with E-state index in [-0.39, 0.29) is 5.76 Å². The maximum atomic E-state index is 12.0. The first-order valence-electron chi connectivity index (χ1n) is 8.32. The Hall–Kier alpha value is -2.80. The van der Waals surface area contributed by atoms with Gasteiger partial charge in [-0.05, 0) is 37.6 Å². The molecule has 0 unspecified atom stereocenters. The number of para-hydroxylation sites is 2. The van der Waals surface area contributed by atoms with Crippen LogP contribution in [0.2, 0.25) is 0 Å². The van der Waals surface area contributed by atoms with E-state index in [1.807, 2.05) is 22.8 Å². The summed E-state index contributed by atoms with van der Waals surface area (Å²) >= 11 is 1.56. The minimum Gasteiger partial charge on any atom is -0.408 e. The summed E-state index contributed by atoms with van der Waals surface area (Å²) in [5.74, 6) is 0.357. The first-order valence-corrected chi connectivity index (χ1v) is 9.31. The van der Waals surface area contributed by atoms with Gasteiger partial charge in [0.05, 0.1) is 11.2 Å². The highest BCUT2D eigenvalue weighted by Gasteiger charge is 2.12. The summed E-state index contributed by atoms with van der Waals surface area (Å²) < 4.78 is 8.91. The van der Waals surface area contributed by atoms with E-state index in [1.54, 1.807) is 28.7 Å². The molecule has 2 aromatic carbocycles. The molecule has 0 aliphatic rings. The first kappa shape index (κ1) is 16.7. The average Bonchev–Trinajstić information content (AvgIpc) is 3.20. The Morgan fingerprint density at radius 1 is 1.15 bits per heavy atom. The highest BCUT2D eigenvalue weighted by Crippen LogP contribution is 2.23. The second-order valence-corrected chi connectivity index (χ2v) is 7.17. The largest absolute Gasteiger partial charge is 0.419 e. The van der Waals surface area contributed by atoms with Crippen molar-refractivity contribution in [2.75, 3.05) is 5.75 Å².